The van der Waals surface area contributed by atoms with Gasteiger partial charge in [0.1, 0.15) is 16.9 Å². The summed E-state index contributed by atoms with van der Waals surface area (Å²) in [6, 6.07) is 5.42. The van der Waals surface area contributed by atoms with Crippen molar-refractivity contribution in [3.8, 4) is 5.75 Å². The molecule has 0 saturated carbocycles. The van der Waals surface area contributed by atoms with Gasteiger partial charge in [-0.1, -0.05) is 19.4 Å². The number of thiophene rings is 1. The van der Waals surface area contributed by atoms with Crippen molar-refractivity contribution in [2.24, 2.45) is 5.92 Å². The lowest BCUT2D eigenvalue weighted by Crippen LogP contribution is -2.38. The molecule has 3 N–H and O–H groups in total. The largest absolute Gasteiger partial charge is 0.507 e. The van der Waals surface area contributed by atoms with Gasteiger partial charge in [0, 0.05) is 4.88 Å². The summed E-state index contributed by atoms with van der Waals surface area (Å²) in [4.78, 5) is 14.1. The van der Waals surface area contributed by atoms with Crippen LogP contribution < -0.4 is 10.6 Å². The van der Waals surface area contributed by atoms with E-state index in [1.165, 1.54) is 23.3 Å². The molecule has 0 fully saturated rings. The molecule has 1 aromatic heterocycles. The molecule has 0 unspecified atom stereocenters. The maximum Gasteiger partial charge on any atom is 0.256 e. The number of fused-ring (bicyclic) bond motifs is 3. The van der Waals surface area contributed by atoms with E-state index in [9.17, 15) is 9.90 Å². The lowest BCUT2D eigenvalue weighted by molar-refractivity contribution is 0.0935. The number of nitrogens with one attached hydrogen (secondary N) is 2. The van der Waals surface area contributed by atoms with Crippen molar-refractivity contribution >= 4 is 44.8 Å². The maximum absolute atomic E-state index is 12.7. The van der Waals surface area contributed by atoms with E-state index in [2.05, 4.69) is 40.1 Å². The number of benzene rings is 1. The van der Waals surface area contributed by atoms with Gasteiger partial charge in [0.15, 0.2) is 0 Å². The fourth-order valence-electron chi connectivity index (χ4n) is 3.58. The smallest absolute Gasteiger partial charge is 0.256 e. The Kier molecular flexibility index (Phi) is 4.20. The number of rotatable bonds is 2. The third kappa shape index (κ3) is 2.69. The molecule has 0 bridgehead atoms. The zero-order valence-electron chi connectivity index (χ0n) is 13.4. The van der Waals surface area contributed by atoms with E-state index in [1.54, 1.807) is 17.4 Å². The van der Waals surface area contributed by atoms with Crippen molar-refractivity contribution in [2.75, 3.05) is 5.32 Å². The molecular weight excluding hydrogens is 435 g/mol. The summed E-state index contributed by atoms with van der Waals surface area (Å²) in [6.45, 7) is 2.25. The molecule has 126 valence electrons. The Morgan fingerprint density at radius 2 is 2.21 bits per heavy atom. The van der Waals surface area contributed by atoms with Crippen LogP contribution in [0.2, 0.25) is 0 Å². The van der Waals surface area contributed by atoms with Crippen LogP contribution in [-0.4, -0.2) is 11.0 Å². The minimum absolute atomic E-state index is 0.0179. The van der Waals surface area contributed by atoms with Crippen LogP contribution >= 0.6 is 33.9 Å². The topological polar surface area (TPSA) is 61.4 Å². The van der Waals surface area contributed by atoms with E-state index >= 15 is 0 Å². The molecule has 6 heteroatoms. The Hall–Kier alpha value is -1.28. The van der Waals surface area contributed by atoms with Crippen LogP contribution in [0.3, 0.4) is 0 Å². The molecule has 1 aliphatic heterocycles. The normalized spacial score (nSPS) is 22.3. The number of aromatic hydroxyl groups is 1. The zero-order chi connectivity index (χ0) is 16.8. The molecule has 1 aliphatic carbocycles. The van der Waals surface area contributed by atoms with Gasteiger partial charge >= 0.3 is 0 Å². The number of phenols is 1. The fraction of sp³-hybridized carbons (Fsp3) is 0.389. The van der Waals surface area contributed by atoms with Crippen molar-refractivity contribution in [2.45, 2.75) is 38.8 Å². The van der Waals surface area contributed by atoms with Crippen molar-refractivity contribution in [3.63, 3.8) is 0 Å². The Morgan fingerprint density at radius 1 is 1.38 bits per heavy atom. The highest BCUT2D eigenvalue weighted by molar-refractivity contribution is 14.1. The highest BCUT2D eigenvalue weighted by Gasteiger charge is 2.33. The number of hydrogen-bond donors (Lipinski definition) is 3. The van der Waals surface area contributed by atoms with Gasteiger partial charge in [0.2, 0.25) is 0 Å². The van der Waals surface area contributed by atoms with Crippen LogP contribution in [0, 0.1) is 9.49 Å². The molecule has 2 aliphatic rings. The second-order valence-corrected chi connectivity index (χ2v) is 8.75. The average Bonchev–Trinajstić information content (AvgIpc) is 2.95. The second kappa shape index (κ2) is 6.22. The van der Waals surface area contributed by atoms with Crippen LogP contribution in [0.25, 0.3) is 0 Å². The first kappa shape index (κ1) is 16.2. The first-order valence-electron chi connectivity index (χ1n) is 8.27. The molecule has 1 amide bonds. The van der Waals surface area contributed by atoms with Crippen LogP contribution in [-0.2, 0) is 12.8 Å². The van der Waals surface area contributed by atoms with Crippen molar-refractivity contribution in [1.82, 2.24) is 5.32 Å². The number of phenolic OH excluding ortho intramolecular Hbond substituents is 1. The summed E-state index contributed by atoms with van der Waals surface area (Å²) < 4.78 is 0.781. The minimum Gasteiger partial charge on any atom is -0.507 e. The summed E-state index contributed by atoms with van der Waals surface area (Å²) in [7, 11) is 0. The lowest BCUT2D eigenvalue weighted by Gasteiger charge is -2.27. The Labute approximate surface area is 158 Å². The molecule has 2 heterocycles. The summed E-state index contributed by atoms with van der Waals surface area (Å²) in [5.41, 5.74) is 3.06. The molecule has 24 heavy (non-hydrogen) atoms. The van der Waals surface area contributed by atoms with E-state index < -0.39 is 0 Å². The van der Waals surface area contributed by atoms with Gasteiger partial charge in [-0.2, -0.15) is 0 Å². The summed E-state index contributed by atoms with van der Waals surface area (Å²) in [5.74, 6) is 1.03. The van der Waals surface area contributed by atoms with Crippen molar-refractivity contribution in [3.05, 3.63) is 43.3 Å². The van der Waals surface area contributed by atoms with Gasteiger partial charge in [-0.3, -0.25) is 4.79 Å². The Balaban J connectivity index is 1.67. The van der Waals surface area contributed by atoms with Gasteiger partial charge < -0.3 is 15.7 Å². The van der Waals surface area contributed by atoms with E-state index in [-0.39, 0.29) is 17.8 Å². The van der Waals surface area contributed by atoms with Crippen LogP contribution in [0.15, 0.2) is 18.2 Å². The monoisotopic (exact) mass is 454 g/mol. The first-order chi connectivity index (χ1) is 11.6. The summed E-state index contributed by atoms with van der Waals surface area (Å²) >= 11 is 3.84. The first-order valence-corrected chi connectivity index (χ1v) is 10.2. The molecule has 2 aromatic rings. The predicted molar refractivity (Wildman–Crippen MR) is 105 cm³/mol. The quantitative estimate of drug-likeness (QED) is 0.589. The predicted octanol–water partition coefficient (Wildman–Crippen LogP) is 4.43. The van der Waals surface area contributed by atoms with E-state index in [4.69, 9.17) is 0 Å². The molecule has 0 saturated heterocycles. The van der Waals surface area contributed by atoms with Gasteiger partial charge in [0.25, 0.3) is 5.91 Å². The molecule has 4 rings (SSSR count). The molecule has 0 radical (unpaired) electrons. The molecule has 1 aromatic carbocycles. The standard InChI is InChI=1S/C18H19IN2O2S/c1-2-9-3-5-11-14(7-9)24-18-15(11)17(23)20-16(21-18)10-4-6-13(22)12(19)8-10/h4,6,8-9,16,21-22H,2-3,5,7H2,1H3,(H,20,23)/t9-,16+/m0/s1. The number of carbonyl (C=O) groups excluding carboxylic acids is 1. The number of halogens is 1. The van der Waals surface area contributed by atoms with Gasteiger partial charge in [-0.25, -0.2) is 0 Å². The van der Waals surface area contributed by atoms with Crippen LogP contribution in [0.5, 0.6) is 5.75 Å². The number of hydrogen-bond acceptors (Lipinski definition) is 4. The van der Waals surface area contributed by atoms with Gasteiger partial charge in [-0.15, -0.1) is 11.3 Å². The molecule has 4 nitrogen and oxygen atoms in total. The Bertz CT molecular complexity index is 818. The number of carbonyl (C=O) groups is 1. The highest BCUT2D eigenvalue weighted by atomic mass is 127. The number of anilines is 1. The van der Waals surface area contributed by atoms with E-state index in [0.29, 0.717) is 0 Å². The Morgan fingerprint density at radius 3 is 2.96 bits per heavy atom. The molecule has 0 spiro atoms. The second-order valence-electron chi connectivity index (χ2n) is 6.49. The maximum atomic E-state index is 12.7. The SMILES string of the molecule is CC[C@H]1CCc2c(sc3c2C(=O)N[C@@H](c2ccc(O)c(I)c2)N3)C1. The minimum atomic E-state index is -0.249. The van der Waals surface area contributed by atoms with E-state index in [0.717, 1.165) is 38.5 Å². The lowest BCUT2D eigenvalue weighted by atomic mass is 9.85. The summed E-state index contributed by atoms with van der Waals surface area (Å²) in [6.07, 6.45) is 4.24. The van der Waals surface area contributed by atoms with E-state index in [1.807, 2.05) is 12.1 Å². The molecular formula is C18H19IN2O2S. The van der Waals surface area contributed by atoms with Gasteiger partial charge in [0.05, 0.1) is 9.13 Å². The summed E-state index contributed by atoms with van der Waals surface area (Å²) in [5, 5.41) is 17.2. The van der Waals surface area contributed by atoms with Crippen molar-refractivity contribution < 1.29 is 9.90 Å². The van der Waals surface area contributed by atoms with Crippen LogP contribution in [0.4, 0.5) is 5.00 Å². The zero-order valence-corrected chi connectivity index (χ0v) is 16.3. The molecule has 2 atom stereocenters. The third-order valence-corrected chi connectivity index (χ3v) is 7.08. The average molecular weight is 454 g/mol. The highest BCUT2D eigenvalue weighted by Crippen LogP contribution is 2.43. The van der Waals surface area contributed by atoms with Crippen LogP contribution in [0.1, 0.15) is 52.3 Å². The fourth-order valence-corrected chi connectivity index (χ4v) is 5.51. The third-order valence-electron chi connectivity index (χ3n) is 5.03. The van der Waals surface area contributed by atoms with Crippen molar-refractivity contribution in [1.29, 1.82) is 0 Å². The number of amides is 1. The van der Waals surface area contributed by atoms with Gasteiger partial charge in [-0.05, 0) is 71.0 Å².